The molecule has 0 atom stereocenters. The highest BCUT2D eigenvalue weighted by atomic mass is 16.1. The number of primary amides is 1. The van der Waals surface area contributed by atoms with Crippen molar-refractivity contribution in [1.82, 2.24) is 10.2 Å². The van der Waals surface area contributed by atoms with E-state index in [-0.39, 0.29) is 5.91 Å². The topological polar surface area (TPSA) is 58.4 Å². The van der Waals surface area contributed by atoms with E-state index in [2.05, 4.69) is 17.3 Å². The zero-order valence-electron chi connectivity index (χ0n) is 10.9. The van der Waals surface area contributed by atoms with Crippen LogP contribution in [0.15, 0.2) is 24.3 Å². The quantitative estimate of drug-likeness (QED) is 0.833. The molecule has 1 aromatic rings. The largest absolute Gasteiger partial charge is 0.366 e. The molecule has 18 heavy (non-hydrogen) atoms. The molecule has 98 valence electrons. The van der Waals surface area contributed by atoms with E-state index in [1.165, 1.54) is 18.4 Å². The third kappa shape index (κ3) is 3.55. The molecule has 0 spiro atoms. The Morgan fingerprint density at radius 3 is 2.50 bits per heavy atom. The monoisotopic (exact) mass is 247 g/mol. The summed E-state index contributed by atoms with van der Waals surface area (Å²) < 4.78 is 0. The van der Waals surface area contributed by atoms with Crippen LogP contribution in [-0.2, 0) is 6.54 Å². The number of carbonyl (C=O) groups is 1. The molecule has 4 heteroatoms. The Morgan fingerprint density at radius 1 is 1.33 bits per heavy atom. The van der Waals surface area contributed by atoms with Crippen LogP contribution in [0.5, 0.6) is 0 Å². The van der Waals surface area contributed by atoms with Gasteiger partial charge >= 0.3 is 0 Å². The zero-order chi connectivity index (χ0) is 13.0. The van der Waals surface area contributed by atoms with E-state index >= 15 is 0 Å². The predicted octanol–water partition coefficient (Wildman–Crippen LogP) is 0.969. The van der Waals surface area contributed by atoms with E-state index in [0.29, 0.717) is 11.6 Å². The van der Waals surface area contributed by atoms with Gasteiger partial charge in [0.15, 0.2) is 0 Å². The summed E-state index contributed by atoms with van der Waals surface area (Å²) in [6, 6.07) is 8.10. The number of likely N-dealkylation sites (tertiary alicyclic amines) is 1. The average Bonchev–Trinajstić information content (AvgIpc) is 2.38. The molecule has 3 N–H and O–H groups in total. The Morgan fingerprint density at radius 2 is 1.94 bits per heavy atom. The molecule has 0 aromatic heterocycles. The number of nitrogens with two attached hydrogens (primary N) is 1. The zero-order valence-corrected chi connectivity index (χ0v) is 10.9. The van der Waals surface area contributed by atoms with Gasteiger partial charge in [-0.25, -0.2) is 0 Å². The normalized spacial score (nSPS) is 17.8. The lowest BCUT2D eigenvalue weighted by molar-refractivity contribution is 0.100. The molecule has 4 nitrogen and oxygen atoms in total. The van der Waals surface area contributed by atoms with Crippen LogP contribution in [0.3, 0.4) is 0 Å². The molecule has 0 radical (unpaired) electrons. The van der Waals surface area contributed by atoms with Crippen molar-refractivity contribution in [1.29, 1.82) is 0 Å². The van der Waals surface area contributed by atoms with Gasteiger partial charge in [-0.15, -0.1) is 0 Å². The van der Waals surface area contributed by atoms with E-state index in [1.54, 1.807) is 12.1 Å². The first-order chi connectivity index (χ1) is 8.65. The number of hydrogen-bond acceptors (Lipinski definition) is 3. The van der Waals surface area contributed by atoms with Gasteiger partial charge in [-0.05, 0) is 50.7 Å². The minimum atomic E-state index is -0.371. The van der Waals surface area contributed by atoms with Gasteiger partial charge in [0.05, 0.1) is 0 Å². The van der Waals surface area contributed by atoms with Gasteiger partial charge in [0.25, 0.3) is 0 Å². The number of hydrogen-bond donors (Lipinski definition) is 2. The third-order valence-corrected chi connectivity index (χ3v) is 3.55. The number of carbonyl (C=O) groups excluding carboxylic acids is 1. The summed E-state index contributed by atoms with van der Waals surface area (Å²) in [4.78, 5) is 13.3. The molecule has 1 aliphatic heterocycles. The Hall–Kier alpha value is -1.39. The molecule has 1 heterocycles. The summed E-state index contributed by atoms with van der Waals surface area (Å²) in [6.07, 6.45) is 2.41. The first-order valence-electron chi connectivity index (χ1n) is 6.46. The van der Waals surface area contributed by atoms with Crippen LogP contribution < -0.4 is 11.1 Å². The van der Waals surface area contributed by atoms with Crippen molar-refractivity contribution < 1.29 is 4.79 Å². The summed E-state index contributed by atoms with van der Waals surface area (Å²) >= 11 is 0. The second kappa shape index (κ2) is 5.98. The fourth-order valence-corrected chi connectivity index (χ4v) is 2.26. The lowest BCUT2D eigenvalue weighted by Crippen LogP contribution is -2.40. The Labute approximate surface area is 108 Å². The lowest BCUT2D eigenvalue weighted by atomic mass is 10.0. The molecular formula is C14H21N3O. The second-order valence-corrected chi connectivity index (χ2v) is 5.02. The number of rotatable bonds is 4. The molecule has 0 saturated carbocycles. The Bertz CT molecular complexity index is 394. The maximum Gasteiger partial charge on any atom is 0.248 e. The van der Waals surface area contributed by atoms with Crippen LogP contribution in [0.2, 0.25) is 0 Å². The van der Waals surface area contributed by atoms with Crippen LogP contribution in [-0.4, -0.2) is 37.0 Å². The fourth-order valence-electron chi connectivity index (χ4n) is 2.26. The molecule has 2 rings (SSSR count). The number of benzene rings is 1. The highest BCUT2D eigenvalue weighted by molar-refractivity contribution is 5.92. The summed E-state index contributed by atoms with van der Waals surface area (Å²) in [6.45, 7) is 3.18. The molecule has 1 aromatic carbocycles. The molecule has 1 aliphatic rings. The lowest BCUT2D eigenvalue weighted by Gasteiger charge is -2.29. The maximum atomic E-state index is 11.0. The van der Waals surface area contributed by atoms with Crippen molar-refractivity contribution in [3.63, 3.8) is 0 Å². The van der Waals surface area contributed by atoms with E-state index < -0.39 is 0 Å². The first-order valence-corrected chi connectivity index (χ1v) is 6.46. The van der Waals surface area contributed by atoms with E-state index in [4.69, 9.17) is 5.73 Å². The highest BCUT2D eigenvalue weighted by Gasteiger charge is 2.15. The predicted molar refractivity (Wildman–Crippen MR) is 72.3 cm³/mol. The van der Waals surface area contributed by atoms with Gasteiger partial charge < -0.3 is 16.0 Å². The van der Waals surface area contributed by atoms with Crippen LogP contribution in [0.25, 0.3) is 0 Å². The summed E-state index contributed by atoms with van der Waals surface area (Å²) in [5, 5.41) is 3.56. The summed E-state index contributed by atoms with van der Waals surface area (Å²) in [5.74, 6) is -0.371. The summed E-state index contributed by atoms with van der Waals surface area (Å²) in [5.41, 5.74) is 6.97. The summed E-state index contributed by atoms with van der Waals surface area (Å²) in [7, 11) is 2.17. The number of nitrogens with zero attached hydrogens (tertiary/aromatic N) is 1. The standard InChI is InChI=1S/C14H21N3O/c1-17-8-6-13(7-9-17)16-10-11-2-4-12(5-3-11)14(15)18/h2-5,13,16H,6-10H2,1H3,(H2,15,18). The van der Waals surface area contributed by atoms with Crippen LogP contribution in [0.1, 0.15) is 28.8 Å². The molecule has 0 unspecified atom stereocenters. The van der Waals surface area contributed by atoms with Crippen molar-refractivity contribution in [3.05, 3.63) is 35.4 Å². The van der Waals surface area contributed by atoms with Gasteiger partial charge in [0.2, 0.25) is 5.91 Å². The van der Waals surface area contributed by atoms with Gasteiger partial charge in [-0.1, -0.05) is 12.1 Å². The number of amides is 1. The minimum Gasteiger partial charge on any atom is -0.366 e. The van der Waals surface area contributed by atoms with E-state index in [0.717, 1.165) is 19.6 Å². The number of piperidine rings is 1. The van der Waals surface area contributed by atoms with Crippen molar-refractivity contribution >= 4 is 5.91 Å². The van der Waals surface area contributed by atoms with Crippen molar-refractivity contribution in [2.45, 2.75) is 25.4 Å². The fraction of sp³-hybridized carbons (Fsp3) is 0.500. The molecule has 1 amide bonds. The van der Waals surface area contributed by atoms with E-state index in [1.807, 2.05) is 12.1 Å². The average molecular weight is 247 g/mol. The van der Waals surface area contributed by atoms with Crippen LogP contribution in [0.4, 0.5) is 0 Å². The van der Waals surface area contributed by atoms with Crippen molar-refractivity contribution in [2.24, 2.45) is 5.73 Å². The maximum absolute atomic E-state index is 11.0. The first kappa shape index (κ1) is 13.1. The third-order valence-electron chi connectivity index (χ3n) is 3.55. The minimum absolute atomic E-state index is 0.371. The smallest absolute Gasteiger partial charge is 0.248 e. The highest BCUT2D eigenvalue weighted by Crippen LogP contribution is 2.10. The van der Waals surface area contributed by atoms with Gasteiger partial charge in [0, 0.05) is 18.2 Å². The molecule has 0 bridgehead atoms. The second-order valence-electron chi connectivity index (χ2n) is 5.02. The van der Waals surface area contributed by atoms with Gasteiger partial charge in [0.1, 0.15) is 0 Å². The van der Waals surface area contributed by atoms with E-state index in [9.17, 15) is 4.79 Å². The Kier molecular flexibility index (Phi) is 4.33. The van der Waals surface area contributed by atoms with Crippen molar-refractivity contribution in [3.8, 4) is 0 Å². The molecular weight excluding hydrogens is 226 g/mol. The molecule has 1 saturated heterocycles. The van der Waals surface area contributed by atoms with Gasteiger partial charge in [-0.2, -0.15) is 0 Å². The number of nitrogens with one attached hydrogen (secondary N) is 1. The Balaban J connectivity index is 1.81. The SMILES string of the molecule is CN1CCC(NCc2ccc(C(N)=O)cc2)CC1. The van der Waals surface area contributed by atoms with Crippen LogP contribution in [0, 0.1) is 0 Å². The molecule has 0 aliphatic carbocycles. The van der Waals surface area contributed by atoms with Crippen molar-refractivity contribution in [2.75, 3.05) is 20.1 Å². The molecule has 1 fully saturated rings. The van der Waals surface area contributed by atoms with Crippen LogP contribution >= 0.6 is 0 Å². The van der Waals surface area contributed by atoms with Gasteiger partial charge in [-0.3, -0.25) is 4.79 Å².